The van der Waals surface area contributed by atoms with E-state index in [1.807, 2.05) is 28.8 Å². The molecule has 2 fully saturated rings. The van der Waals surface area contributed by atoms with Gasteiger partial charge in [0.25, 0.3) is 0 Å². The van der Waals surface area contributed by atoms with Crippen LogP contribution in [0, 0.1) is 17.4 Å². The molecule has 0 bridgehead atoms. The molecule has 1 atom stereocenters. The van der Waals surface area contributed by atoms with Gasteiger partial charge in [-0.05, 0) is 36.1 Å². The van der Waals surface area contributed by atoms with Gasteiger partial charge in [0.2, 0.25) is 5.91 Å². The maximum Gasteiger partial charge on any atom is 0.222 e. The molecule has 7 nitrogen and oxygen atoms in total. The molecule has 2 aliphatic rings. The lowest BCUT2D eigenvalue weighted by molar-refractivity contribution is -0.136. The van der Waals surface area contributed by atoms with Crippen molar-refractivity contribution in [3.8, 4) is 23.2 Å². The zero-order chi connectivity index (χ0) is 19.7. The Kier molecular flexibility index (Phi) is 4.95. The third-order valence-electron chi connectivity index (χ3n) is 5.92. The van der Waals surface area contributed by atoms with Crippen LogP contribution in [0.4, 0.5) is 0 Å². The standard InChI is InChI=1S/C21H25N5O2/c1-24-19(5-7-23-24)18-10-16(3-4-20(18)28-2)17-12-26(13-17)21(27)9-15-6-8-25(11-15)14-22/h3-5,7,10,15,17H,6,8-9,11-13H2,1-2H3/t15-/m0/s1. The van der Waals surface area contributed by atoms with Crippen molar-refractivity contribution in [1.29, 1.82) is 5.26 Å². The fraction of sp³-hybridized carbons (Fsp3) is 0.476. The summed E-state index contributed by atoms with van der Waals surface area (Å²) in [6, 6.07) is 8.22. The summed E-state index contributed by atoms with van der Waals surface area (Å²) in [5.74, 6) is 1.69. The summed E-state index contributed by atoms with van der Waals surface area (Å²) in [5, 5.41) is 13.2. The molecule has 1 amide bonds. The fourth-order valence-electron chi connectivity index (χ4n) is 4.18. The Morgan fingerprint density at radius 1 is 1.32 bits per heavy atom. The summed E-state index contributed by atoms with van der Waals surface area (Å²) in [7, 11) is 3.59. The molecule has 2 aromatic rings. The molecule has 1 aromatic carbocycles. The van der Waals surface area contributed by atoms with E-state index in [4.69, 9.17) is 10.00 Å². The van der Waals surface area contributed by atoms with Gasteiger partial charge in [-0.15, -0.1) is 0 Å². The Balaban J connectivity index is 1.40. The van der Waals surface area contributed by atoms with Crippen LogP contribution in [0.25, 0.3) is 11.3 Å². The number of carbonyl (C=O) groups excluding carboxylic acids is 1. The molecule has 0 aliphatic carbocycles. The van der Waals surface area contributed by atoms with Crippen LogP contribution in [0.2, 0.25) is 0 Å². The van der Waals surface area contributed by atoms with Crippen molar-refractivity contribution in [1.82, 2.24) is 19.6 Å². The number of aryl methyl sites for hydroxylation is 1. The molecule has 4 rings (SSSR count). The number of ether oxygens (including phenoxy) is 1. The van der Waals surface area contributed by atoms with Crippen molar-refractivity contribution in [2.24, 2.45) is 13.0 Å². The first-order valence-electron chi connectivity index (χ1n) is 9.67. The molecule has 2 saturated heterocycles. The molecular formula is C21H25N5O2. The summed E-state index contributed by atoms with van der Waals surface area (Å²) in [6.07, 6.45) is 5.44. The van der Waals surface area contributed by atoms with Crippen molar-refractivity contribution in [3.05, 3.63) is 36.0 Å². The number of nitrogens with zero attached hydrogens (tertiary/aromatic N) is 5. The van der Waals surface area contributed by atoms with E-state index in [1.165, 1.54) is 5.56 Å². The van der Waals surface area contributed by atoms with Gasteiger partial charge in [0.05, 0.1) is 12.8 Å². The molecule has 1 aromatic heterocycles. The highest BCUT2D eigenvalue weighted by Gasteiger charge is 2.34. The summed E-state index contributed by atoms with van der Waals surface area (Å²) < 4.78 is 7.37. The van der Waals surface area contributed by atoms with Crippen molar-refractivity contribution >= 4 is 5.91 Å². The normalized spacial score (nSPS) is 19.4. The van der Waals surface area contributed by atoms with Crippen molar-refractivity contribution in [3.63, 3.8) is 0 Å². The van der Waals surface area contributed by atoms with Gasteiger partial charge in [-0.25, -0.2) is 0 Å². The minimum atomic E-state index is 0.210. The average molecular weight is 379 g/mol. The quantitative estimate of drug-likeness (QED) is 0.745. The third kappa shape index (κ3) is 3.42. The van der Waals surface area contributed by atoms with Gasteiger partial charge in [0.1, 0.15) is 5.75 Å². The third-order valence-corrected chi connectivity index (χ3v) is 5.92. The first-order valence-corrected chi connectivity index (χ1v) is 9.67. The second-order valence-corrected chi connectivity index (χ2v) is 7.70. The number of amides is 1. The van der Waals surface area contributed by atoms with Crippen LogP contribution in [-0.4, -0.2) is 58.8 Å². The second kappa shape index (κ2) is 7.55. The molecule has 7 heteroatoms. The lowest BCUT2D eigenvalue weighted by atomic mass is 9.89. The van der Waals surface area contributed by atoms with Gasteiger partial charge in [-0.2, -0.15) is 10.4 Å². The summed E-state index contributed by atoms with van der Waals surface area (Å²) >= 11 is 0. The van der Waals surface area contributed by atoms with Gasteiger partial charge in [0.15, 0.2) is 6.19 Å². The van der Waals surface area contributed by atoms with E-state index in [0.717, 1.165) is 43.1 Å². The number of rotatable bonds is 5. The summed E-state index contributed by atoms with van der Waals surface area (Å²) in [6.45, 7) is 3.00. The van der Waals surface area contributed by atoms with Crippen LogP contribution >= 0.6 is 0 Å². The van der Waals surface area contributed by atoms with Gasteiger partial charge in [0, 0.05) is 57.3 Å². The van der Waals surface area contributed by atoms with Gasteiger partial charge >= 0.3 is 0 Å². The highest BCUT2D eigenvalue weighted by Crippen LogP contribution is 2.36. The smallest absolute Gasteiger partial charge is 0.222 e. The van der Waals surface area contributed by atoms with Crippen LogP contribution in [0.1, 0.15) is 24.3 Å². The molecule has 0 saturated carbocycles. The molecule has 0 N–H and O–H groups in total. The van der Waals surface area contributed by atoms with Crippen LogP contribution in [0.3, 0.4) is 0 Å². The van der Waals surface area contributed by atoms with Gasteiger partial charge in [-0.3, -0.25) is 9.48 Å². The number of methoxy groups -OCH3 is 1. The lowest BCUT2D eigenvalue weighted by Crippen LogP contribution is -2.49. The van der Waals surface area contributed by atoms with E-state index in [-0.39, 0.29) is 5.91 Å². The number of carbonyl (C=O) groups is 1. The fourth-order valence-corrected chi connectivity index (χ4v) is 4.18. The van der Waals surface area contributed by atoms with Crippen LogP contribution in [-0.2, 0) is 11.8 Å². The van der Waals surface area contributed by atoms with Crippen LogP contribution < -0.4 is 4.74 Å². The van der Waals surface area contributed by atoms with E-state index in [9.17, 15) is 4.79 Å². The van der Waals surface area contributed by atoms with Crippen molar-refractivity contribution in [2.45, 2.75) is 18.8 Å². The number of benzene rings is 1. The molecule has 146 valence electrons. The highest BCUT2D eigenvalue weighted by atomic mass is 16.5. The lowest BCUT2D eigenvalue weighted by Gasteiger charge is -2.40. The van der Waals surface area contributed by atoms with E-state index >= 15 is 0 Å². The number of hydrogen-bond acceptors (Lipinski definition) is 5. The summed E-state index contributed by atoms with van der Waals surface area (Å²) in [4.78, 5) is 16.2. The molecule has 2 aliphatic heterocycles. The van der Waals surface area contributed by atoms with E-state index in [1.54, 1.807) is 18.2 Å². The second-order valence-electron chi connectivity index (χ2n) is 7.70. The topological polar surface area (TPSA) is 74.4 Å². The number of likely N-dealkylation sites (tertiary alicyclic amines) is 2. The monoisotopic (exact) mass is 379 g/mol. The zero-order valence-corrected chi connectivity index (χ0v) is 16.3. The van der Waals surface area contributed by atoms with E-state index < -0.39 is 0 Å². The molecule has 0 unspecified atom stereocenters. The van der Waals surface area contributed by atoms with E-state index in [0.29, 0.717) is 24.8 Å². The molecule has 0 spiro atoms. The number of nitriles is 1. The van der Waals surface area contributed by atoms with Crippen LogP contribution in [0.5, 0.6) is 5.75 Å². The van der Waals surface area contributed by atoms with Crippen molar-refractivity contribution < 1.29 is 9.53 Å². The first-order chi connectivity index (χ1) is 13.6. The van der Waals surface area contributed by atoms with Gasteiger partial charge in [-0.1, -0.05) is 6.07 Å². The number of hydrogen-bond donors (Lipinski definition) is 0. The number of aromatic nitrogens is 2. The molecule has 3 heterocycles. The highest BCUT2D eigenvalue weighted by molar-refractivity contribution is 5.78. The molecular weight excluding hydrogens is 354 g/mol. The zero-order valence-electron chi connectivity index (χ0n) is 16.3. The largest absolute Gasteiger partial charge is 0.496 e. The SMILES string of the molecule is COc1ccc(C2CN(C(=O)C[C@@H]3CCN(C#N)C3)C2)cc1-c1ccnn1C. The van der Waals surface area contributed by atoms with E-state index in [2.05, 4.69) is 23.4 Å². The predicted octanol–water partition coefficient (Wildman–Crippen LogP) is 2.21. The summed E-state index contributed by atoms with van der Waals surface area (Å²) in [5.41, 5.74) is 3.25. The maximum absolute atomic E-state index is 12.5. The average Bonchev–Trinajstić information content (AvgIpc) is 3.29. The Labute approximate surface area is 165 Å². The minimum Gasteiger partial charge on any atom is -0.496 e. The molecule has 28 heavy (non-hydrogen) atoms. The Morgan fingerprint density at radius 3 is 2.79 bits per heavy atom. The maximum atomic E-state index is 12.5. The Bertz CT molecular complexity index is 910. The predicted molar refractivity (Wildman–Crippen MR) is 104 cm³/mol. The Morgan fingerprint density at radius 2 is 2.14 bits per heavy atom. The Hall–Kier alpha value is -3.01. The van der Waals surface area contributed by atoms with Crippen LogP contribution in [0.15, 0.2) is 30.5 Å². The van der Waals surface area contributed by atoms with Crippen molar-refractivity contribution in [2.75, 3.05) is 33.3 Å². The van der Waals surface area contributed by atoms with Gasteiger partial charge < -0.3 is 14.5 Å². The molecule has 0 radical (unpaired) electrons. The minimum absolute atomic E-state index is 0.210. The first kappa shape index (κ1) is 18.4.